The molecule has 140 valence electrons. The van der Waals surface area contributed by atoms with E-state index >= 15 is 0 Å². The third kappa shape index (κ3) is 4.75. The highest BCUT2D eigenvalue weighted by Gasteiger charge is 2.12. The summed E-state index contributed by atoms with van der Waals surface area (Å²) in [5.74, 6) is 0.288. The molecule has 7 heteroatoms. The molecule has 27 heavy (non-hydrogen) atoms. The maximum atomic E-state index is 13.2. The highest BCUT2D eigenvalue weighted by atomic mass is 19.1. The molecule has 2 aromatic heterocycles. The molecule has 0 saturated carbocycles. The first-order valence-corrected chi connectivity index (χ1v) is 9.03. The Morgan fingerprint density at radius 2 is 1.81 bits per heavy atom. The van der Waals surface area contributed by atoms with Gasteiger partial charge in [-0.3, -0.25) is 10.1 Å². The third-order valence-electron chi connectivity index (χ3n) is 4.04. The molecule has 6 nitrogen and oxygen atoms in total. The van der Waals surface area contributed by atoms with E-state index in [2.05, 4.69) is 32.5 Å². The number of hydrogen-bond acceptors (Lipinski definition) is 5. The predicted octanol–water partition coefficient (Wildman–Crippen LogP) is 4.39. The monoisotopic (exact) mass is 367 g/mol. The first-order chi connectivity index (χ1) is 13.1. The van der Waals surface area contributed by atoms with Gasteiger partial charge in [0.2, 0.25) is 11.9 Å². The average molecular weight is 367 g/mol. The van der Waals surface area contributed by atoms with Gasteiger partial charge in [-0.25, -0.2) is 14.4 Å². The maximum Gasteiger partial charge on any atom is 0.232 e. The Balaban J connectivity index is 2.00. The Hall–Kier alpha value is -3.09. The van der Waals surface area contributed by atoms with Crippen molar-refractivity contribution in [2.75, 3.05) is 17.2 Å². The van der Waals surface area contributed by atoms with Crippen LogP contribution in [0.4, 0.5) is 16.2 Å². The Morgan fingerprint density at radius 3 is 2.52 bits per heavy atom. The van der Waals surface area contributed by atoms with Crippen molar-refractivity contribution in [2.45, 2.75) is 33.1 Å². The first kappa shape index (κ1) is 18.7. The zero-order valence-electron chi connectivity index (χ0n) is 15.4. The van der Waals surface area contributed by atoms with Crippen LogP contribution in [-0.2, 0) is 4.79 Å². The van der Waals surface area contributed by atoms with Gasteiger partial charge in [-0.15, -0.1) is 0 Å². The second-order valence-corrected chi connectivity index (χ2v) is 6.28. The molecule has 3 rings (SSSR count). The van der Waals surface area contributed by atoms with Crippen molar-refractivity contribution in [3.8, 4) is 11.3 Å². The zero-order chi connectivity index (χ0) is 19.2. The van der Waals surface area contributed by atoms with Gasteiger partial charge in [0.1, 0.15) is 11.3 Å². The molecule has 0 aliphatic rings. The van der Waals surface area contributed by atoms with Crippen LogP contribution in [0.2, 0.25) is 0 Å². The van der Waals surface area contributed by atoms with E-state index in [1.807, 2.05) is 12.1 Å². The largest absolute Gasteiger partial charge is 0.368 e. The zero-order valence-corrected chi connectivity index (χ0v) is 15.4. The number of nitrogens with one attached hydrogen (secondary N) is 2. The Bertz CT molecular complexity index is 943. The van der Waals surface area contributed by atoms with Crippen LogP contribution in [-0.4, -0.2) is 27.4 Å². The molecule has 0 saturated heterocycles. The van der Waals surface area contributed by atoms with Gasteiger partial charge in [0.15, 0.2) is 5.82 Å². The SMILES string of the molecule is CCCCCNc1nc(NC(C)=O)nc2ccc(-c3ccc(F)cc3)nc12. The molecule has 0 fully saturated rings. The molecule has 3 aromatic rings. The number of benzene rings is 1. The normalized spacial score (nSPS) is 10.8. The highest BCUT2D eigenvalue weighted by molar-refractivity contribution is 5.91. The fourth-order valence-electron chi connectivity index (χ4n) is 2.71. The average Bonchev–Trinajstić information content (AvgIpc) is 2.65. The summed E-state index contributed by atoms with van der Waals surface area (Å²) in [6.45, 7) is 4.31. The third-order valence-corrected chi connectivity index (χ3v) is 4.04. The standard InChI is InChI=1S/C20H22FN5O/c1-3-4-5-12-22-19-18-17(25-20(26-19)23-13(2)27)11-10-16(24-18)14-6-8-15(21)9-7-14/h6-11H,3-5,12H2,1-2H3,(H2,22,23,25,26,27). The van der Waals surface area contributed by atoms with Crippen LogP contribution in [0, 0.1) is 5.82 Å². The molecule has 2 heterocycles. The number of carbonyl (C=O) groups is 1. The van der Waals surface area contributed by atoms with Gasteiger partial charge in [0.25, 0.3) is 0 Å². The summed E-state index contributed by atoms with van der Waals surface area (Å²) in [5, 5.41) is 5.92. The number of aromatic nitrogens is 3. The second kappa shape index (κ2) is 8.53. The Labute approximate surface area is 157 Å². The number of hydrogen-bond donors (Lipinski definition) is 2. The van der Waals surface area contributed by atoms with Crippen LogP contribution in [0.25, 0.3) is 22.3 Å². The van der Waals surface area contributed by atoms with E-state index in [-0.39, 0.29) is 17.7 Å². The number of pyridine rings is 1. The van der Waals surface area contributed by atoms with Crippen molar-refractivity contribution in [3.63, 3.8) is 0 Å². The summed E-state index contributed by atoms with van der Waals surface area (Å²) in [7, 11) is 0. The summed E-state index contributed by atoms with van der Waals surface area (Å²) < 4.78 is 13.2. The van der Waals surface area contributed by atoms with Crippen molar-refractivity contribution in [3.05, 3.63) is 42.2 Å². The van der Waals surface area contributed by atoms with E-state index in [4.69, 9.17) is 0 Å². The van der Waals surface area contributed by atoms with Crippen LogP contribution in [0.5, 0.6) is 0 Å². The predicted molar refractivity (Wildman–Crippen MR) is 105 cm³/mol. The number of fused-ring (bicyclic) bond motifs is 1. The van der Waals surface area contributed by atoms with E-state index in [0.29, 0.717) is 22.5 Å². The minimum absolute atomic E-state index is 0.234. The molecule has 0 unspecified atom stereocenters. The van der Waals surface area contributed by atoms with Gasteiger partial charge < -0.3 is 5.32 Å². The molecule has 0 bridgehead atoms. The van der Waals surface area contributed by atoms with Gasteiger partial charge in [-0.2, -0.15) is 4.98 Å². The minimum Gasteiger partial charge on any atom is -0.368 e. The van der Waals surface area contributed by atoms with Gasteiger partial charge in [0.05, 0.1) is 11.2 Å². The lowest BCUT2D eigenvalue weighted by Crippen LogP contribution is -2.12. The topological polar surface area (TPSA) is 79.8 Å². The molecule has 0 aliphatic heterocycles. The molecule has 0 radical (unpaired) electrons. The van der Waals surface area contributed by atoms with Crippen LogP contribution in [0.15, 0.2) is 36.4 Å². The van der Waals surface area contributed by atoms with Crippen molar-refractivity contribution in [1.82, 2.24) is 15.0 Å². The van der Waals surface area contributed by atoms with E-state index in [0.717, 1.165) is 31.4 Å². The van der Waals surface area contributed by atoms with Crippen molar-refractivity contribution in [1.29, 1.82) is 0 Å². The summed E-state index contributed by atoms with van der Waals surface area (Å²) in [6, 6.07) is 9.82. The highest BCUT2D eigenvalue weighted by Crippen LogP contribution is 2.25. The molecule has 0 atom stereocenters. The van der Waals surface area contributed by atoms with Crippen molar-refractivity contribution < 1.29 is 9.18 Å². The lowest BCUT2D eigenvalue weighted by Gasteiger charge is -2.11. The summed E-state index contributed by atoms with van der Waals surface area (Å²) >= 11 is 0. The molecular weight excluding hydrogens is 345 g/mol. The summed E-state index contributed by atoms with van der Waals surface area (Å²) in [6.07, 6.45) is 3.24. The van der Waals surface area contributed by atoms with Gasteiger partial charge in [-0.1, -0.05) is 19.8 Å². The quantitative estimate of drug-likeness (QED) is 0.605. The molecule has 1 amide bonds. The molecule has 0 spiro atoms. The number of unbranched alkanes of at least 4 members (excludes halogenated alkanes) is 2. The number of anilines is 2. The summed E-state index contributed by atoms with van der Waals surface area (Å²) in [4.78, 5) is 24.8. The van der Waals surface area contributed by atoms with E-state index < -0.39 is 0 Å². The number of carbonyl (C=O) groups excluding carboxylic acids is 1. The van der Waals surface area contributed by atoms with Gasteiger partial charge in [0, 0.05) is 19.0 Å². The van der Waals surface area contributed by atoms with E-state index in [9.17, 15) is 9.18 Å². The molecule has 0 aliphatic carbocycles. The maximum absolute atomic E-state index is 13.2. The van der Waals surface area contributed by atoms with Crippen molar-refractivity contribution in [2.24, 2.45) is 0 Å². The van der Waals surface area contributed by atoms with Crippen molar-refractivity contribution >= 4 is 28.7 Å². The molecular formula is C20H22FN5O. The first-order valence-electron chi connectivity index (χ1n) is 9.03. The van der Waals surface area contributed by atoms with Gasteiger partial charge in [-0.05, 0) is 42.8 Å². The molecule has 1 aromatic carbocycles. The second-order valence-electron chi connectivity index (χ2n) is 6.28. The number of nitrogens with zero attached hydrogens (tertiary/aromatic N) is 3. The summed E-state index contributed by atoms with van der Waals surface area (Å²) in [5.41, 5.74) is 2.75. The number of amides is 1. The van der Waals surface area contributed by atoms with Gasteiger partial charge >= 0.3 is 0 Å². The van der Waals surface area contributed by atoms with Crippen LogP contribution in [0.3, 0.4) is 0 Å². The van der Waals surface area contributed by atoms with E-state index in [1.165, 1.54) is 19.1 Å². The molecule has 2 N–H and O–H groups in total. The minimum atomic E-state index is -0.291. The lowest BCUT2D eigenvalue weighted by atomic mass is 10.1. The van der Waals surface area contributed by atoms with Crippen LogP contribution < -0.4 is 10.6 Å². The fourth-order valence-corrected chi connectivity index (χ4v) is 2.71. The smallest absolute Gasteiger partial charge is 0.232 e. The number of rotatable bonds is 7. The van der Waals surface area contributed by atoms with E-state index in [1.54, 1.807) is 12.1 Å². The Morgan fingerprint density at radius 1 is 1.04 bits per heavy atom. The van der Waals surface area contributed by atoms with Crippen LogP contribution in [0.1, 0.15) is 33.1 Å². The lowest BCUT2D eigenvalue weighted by molar-refractivity contribution is -0.114. The number of halogens is 1. The Kier molecular flexibility index (Phi) is 5.90. The van der Waals surface area contributed by atoms with Crippen LogP contribution >= 0.6 is 0 Å². The fraction of sp³-hybridized carbons (Fsp3) is 0.300.